The second kappa shape index (κ2) is 10.7. The molecule has 2 N–H and O–H groups in total. The van der Waals surface area contributed by atoms with Crippen molar-refractivity contribution in [2.24, 2.45) is 0 Å². The number of hydrogen-bond donors (Lipinski definition) is 2. The molecule has 0 aromatic heterocycles. The van der Waals surface area contributed by atoms with Gasteiger partial charge in [0.1, 0.15) is 18.1 Å². The number of hydrogen-bond acceptors (Lipinski definition) is 5. The molecular weight excluding hydrogens is 415 g/mol. The van der Waals surface area contributed by atoms with E-state index >= 15 is 0 Å². The highest BCUT2D eigenvalue weighted by molar-refractivity contribution is 5.98. The van der Waals surface area contributed by atoms with Crippen LogP contribution < -0.4 is 15.4 Å². The van der Waals surface area contributed by atoms with Crippen molar-refractivity contribution in [1.29, 1.82) is 0 Å². The predicted molar refractivity (Wildman–Crippen MR) is 116 cm³/mol. The fourth-order valence-electron chi connectivity index (χ4n) is 2.81. The lowest BCUT2D eigenvalue weighted by Gasteiger charge is -2.18. The maximum atomic E-state index is 13.1. The van der Waals surface area contributed by atoms with Crippen molar-refractivity contribution in [3.8, 4) is 5.75 Å². The summed E-state index contributed by atoms with van der Waals surface area (Å²) in [5, 5.41) is 5.05. The molecule has 7 nitrogen and oxygen atoms in total. The molecule has 3 aromatic rings. The van der Waals surface area contributed by atoms with Gasteiger partial charge in [0.05, 0.1) is 7.11 Å². The lowest BCUT2D eigenvalue weighted by molar-refractivity contribution is -0.153. The average molecular weight is 436 g/mol. The van der Waals surface area contributed by atoms with E-state index in [1.54, 1.807) is 54.6 Å². The molecule has 0 bridgehead atoms. The Balaban J connectivity index is 1.64. The van der Waals surface area contributed by atoms with Gasteiger partial charge >= 0.3 is 5.97 Å². The van der Waals surface area contributed by atoms with Crippen molar-refractivity contribution in [3.63, 3.8) is 0 Å². The van der Waals surface area contributed by atoms with Gasteiger partial charge in [-0.2, -0.15) is 0 Å². The monoisotopic (exact) mass is 436 g/mol. The van der Waals surface area contributed by atoms with E-state index in [1.165, 1.54) is 31.4 Å². The van der Waals surface area contributed by atoms with E-state index in [1.807, 2.05) is 0 Å². The quantitative estimate of drug-likeness (QED) is 0.528. The second-order valence-electron chi connectivity index (χ2n) is 6.69. The molecule has 0 fully saturated rings. The molecule has 0 aliphatic rings. The van der Waals surface area contributed by atoms with Crippen LogP contribution in [0.1, 0.15) is 22.0 Å². The molecule has 1 atom stereocenters. The Morgan fingerprint density at radius 2 is 1.56 bits per heavy atom. The fourth-order valence-corrected chi connectivity index (χ4v) is 2.81. The first kappa shape index (κ1) is 22.5. The largest absolute Gasteiger partial charge is 0.497 e. The Hall–Kier alpha value is -4.20. The van der Waals surface area contributed by atoms with Crippen molar-refractivity contribution in [3.05, 3.63) is 95.8 Å². The zero-order valence-electron chi connectivity index (χ0n) is 17.2. The van der Waals surface area contributed by atoms with Gasteiger partial charge < -0.3 is 20.1 Å². The first-order valence-electron chi connectivity index (χ1n) is 9.69. The van der Waals surface area contributed by atoms with E-state index in [0.29, 0.717) is 22.6 Å². The van der Waals surface area contributed by atoms with Crippen LogP contribution in [0.25, 0.3) is 0 Å². The van der Waals surface area contributed by atoms with Crippen LogP contribution in [0.5, 0.6) is 5.75 Å². The summed E-state index contributed by atoms with van der Waals surface area (Å²) < 4.78 is 23.5. The van der Waals surface area contributed by atoms with Gasteiger partial charge in [0.2, 0.25) is 6.10 Å². The number of methoxy groups -OCH3 is 1. The number of anilines is 1. The maximum Gasteiger partial charge on any atom is 0.326 e. The van der Waals surface area contributed by atoms with Gasteiger partial charge in [0.15, 0.2) is 0 Å². The third-order valence-corrected chi connectivity index (χ3v) is 4.45. The Labute approximate surface area is 184 Å². The van der Waals surface area contributed by atoms with Crippen LogP contribution in [-0.2, 0) is 14.3 Å². The minimum atomic E-state index is -1.26. The summed E-state index contributed by atoms with van der Waals surface area (Å²) in [7, 11) is 1.51. The molecule has 0 radical (unpaired) electrons. The third-order valence-electron chi connectivity index (χ3n) is 4.45. The van der Waals surface area contributed by atoms with E-state index < -0.39 is 36.2 Å². The number of nitrogens with one attached hydrogen (secondary N) is 2. The second-order valence-corrected chi connectivity index (χ2v) is 6.69. The first-order valence-corrected chi connectivity index (χ1v) is 9.69. The molecule has 32 heavy (non-hydrogen) atoms. The molecule has 0 aliphatic heterocycles. The van der Waals surface area contributed by atoms with Crippen LogP contribution in [0.15, 0.2) is 78.9 Å². The Kier molecular flexibility index (Phi) is 7.53. The van der Waals surface area contributed by atoms with E-state index in [0.717, 1.165) is 0 Å². The number of ether oxygens (including phenoxy) is 2. The van der Waals surface area contributed by atoms with Gasteiger partial charge in [-0.25, -0.2) is 4.39 Å². The van der Waals surface area contributed by atoms with Crippen molar-refractivity contribution in [2.45, 2.75) is 6.10 Å². The van der Waals surface area contributed by atoms with Crippen LogP contribution in [0.3, 0.4) is 0 Å². The van der Waals surface area contributed by atoms with Gasteiger partial charge in [-0.05, 0) is 48.5 Å². The number of amides is 2. The van der Waals surface area contributed by atoms with Crippen molar-refractivity contribution >= 4 is 23.5 Å². The average Bonchev–Trinajstić information content (AvgIpc) is 2.83. The Morgan fingerprint density at radius 3 is 2.19 bits per heavy atom. The van der Waals surface area contributed by atoms with Crippen LogP contribution in [-0.4, -0.2) is 31.4 Å². The minimum absolute atomic E-state index is 0.340. The summed E-state index contributed by atoms with van der Waals surface area (Å²) in [5.41, 5.74) is 1.13. The summed E-state index contributed by atoms with van der Waals surface area (Å²) in [5.74, 6) is -1.73. The number of halogens is 1. The topological polar surface area (TPSA) is 93.7 Å². The van der Waals surface area contributed by atoms with Gasteiger partial charge in [-0.1, -0.05) is 30.3 Å². The summed E-state index contributed by atoms with van der Waals surface area (Å²) >= 11 is 0. The molecule has 1 unspecified atom stereocenters. The SMILES string of the molecule is COc1ccc(C(=O)NCC(=O)OC(C(=O)Nc2ccc(F)cc2)c2ccccc2)cc1. The van der Waals surface area contributed by atoms with Crippen molar-refractivity contribution in [1.82, 2.24) is 5.32 Å². The standard InChI is InChI=1S/C24H21FN2O5/c1-31-20-13-7-17(8-14-20)23(29)26-15-21(28)32-22(16-5-3-2-4-6-16)24(30)27-19-11-9-18(25)10-12-19/h2-14,22H,15H2,1H3,(H,26,29)(H,27,30). The van der Waals surface area contributed by atoms with Gasteiger partial charge in [0.25, 0.3) is 11.8 Å². The molecule has 8 heteroatoms. The number of rotatable bonds is 8. The zero-order valence-corrected chi connectivity index (χ0v) is 17.2. The summed E-state index contributed by atoms with van der Waals surface area (Å²) in [6, 6.07) is 20.0. The number of benzene rings is 3. The van der Waals surface area contributed by atoms with Crippen LogP contribution in [0.2, 0.25) is 0 Å². The number of carbonyl (C=O) groups is 3. The molecule has 2 amide bonds. The smallest absolute Gasteiger partial charge is 0.326 e. The van der Waals surface area contributed by atoms with Crippen molar-refractivity contribution < 1.29 is 28.2 Å². The molecule has 0 aliphatic carbocycles. The van der Waals surface area contributed by atoms with Gasteiger partial charge in [0, 0.05) is 16.8 Å². The molecule has 0 spiro atoms. The molecule has 0 saturated heterocycles. The minimum Gasteiger partial charge on any atom is -0.497 e. The predicted octanol–water partition coefficient (Wildman–Crippen LogP) is 3.49. The summed E-state index contributed by atoms with van der Waals surface area (Å²) in [6.45, 7) is -0.433. The van der Waals surface area contributed by atoms with E-state index in [9.17, 15) is 18.8 Å². The van der Waals surface area contributed by atoms with Gasteiger partial charge in [-0.15, -0.1) is 0 Å². The van der Waals surface area contributed by atoms with Crippen LogP contribution in [0.4, 0.5) is 10.1 Å². The molecule has 164 valence electrons. The maximum absolute atomic E-state index is 13.1. The first-order chi connectivity index (χ1) is 15.5. The Bertz CT molecular complexity index is 1070. The molecule has 3 rings (SSSR count). The Morgan fingerprint density at radius 1 is 0.906 bits per heavy atom. The third kappa shape index (κ3) is 6.15. The number of carbonyl (C=O) groups excluding carboxylic acids is 3. The van der Waals surface area contributed by atoms with E-state index in [2.05, 4.69) is 10.6 Å². The van der Waals surface area contributed by atoms with Crippen molar-refractivity contribution in [2.75, 3.05) is 19.0 Å². The highest BCUT2D eigenvalue weighted by Crippen LogP contribution is 2.20. The summed E-state index contributed by atoms with van der Waals surface area (Å²) in [4.78, 5) is 37.4. The highest BCUT2D eigenvalue weighted by atomic mass is 19.1. The highest BCUT2D eigenvalue weighted by Gasteiger charge is 2.25. The van der Waals surface area contributed by atoms with E-state index in [4.69, 9.17) is 9.47 Å². The molecule has 0 heterocycles. The lowest BCUT2D eigenvalue weighted by atomic mass is 10.1. The lowest BCUT2D eigenvalue weighted by Crippen LogP contribution is -2.33. The fraction of sp³-hybridized carbons (Fsp3) is 0.125. The number of esters is 1. The molecular formula is C24H21FN2O5. The van der Waals surface area contributed by atoms with E-state index in [-0.39, 0.29) is 0 Å². The molecule has 3 aromatic carbocycles. The normalized spacial score (nSPS) is 11.2. The molecule has 0 saturated carbocycles. The summed E-state index contributed by atoms with van der Waals surface area (Å²) in [6.07, 6.45) is -1.26. The van der Waals surface area contributed by atoms with Gasteiger partial charge in [-0.3, -0.25) is 14.4 Å². The zero-order chi connectivity index (χ0) is 22.9. The van der Waals surface area contributed by atoms with Crippen LogP contribution >= 0.6 is 0 Å². The van der Waals surface area contributed by atoms with Crippen LogP contribution in [0, 0.1) is 5.82 Å².